The largest absolute Gasteiger partial charge is 0.369 e. The van der Waals surface area contributed by atoms with Crippen LogP contribution in [0.15, 0.2) is 60.9 Å². The van der Waals surface area contributed by atoms with Crippen molar-refractivity contribution >= 4 is 50.9 Å². The summed E-state index contributed by atoms with van der Waals surface area (Å²) < 4.78 is 0. The van der Waals surface area contributed by atoms with Crippen LogP contribution in [0.3, 0.4) is 0 Å². The van der Waals surface area contributed by atoms with Crippen LogP contribution in [0.25, 0.3) is 21.7 Å². The maximum Gasteiger partial charge on any atom is 0.248 e. The lowest BCUT2D eigenvalue weighted by Crippen LogP contribution is -2.29. The number of nitrogens with zero attached hydrogens (tertiary/aromatic N) is 2. The third-order valence-corrected chi connectivity index (χ3v) is 5.83. The Labute approximate surface area is 208 Å². The van der Waals surface area contributed by atoms with Crippen molar-refractivity contribution in [3.63, 3.8) is 0 Å². The number of amides is 2. The molecule has 2 aromatic carbocycles. The summed E-state index contributed by atoms with van der Waals surface area (Å²) in [6.45, 7) is 2.43. The molecule has 0 saturated heterocycles. The summed E-state index contributed by atoms with van der Waals surface area (Å²) in [5, 5.41) is 13.0. The van der Waals surface area contributed by atoms with E-state index in [9.17, 15) is 9.59 Å². The molecular formula is C26H27ClN6O2. The summed E-state index contributed by atoms with van der Waals surface area (Å²) in [6.07, 6.45) is 4.64. The van der Waals surface area contributed by atoms with Crippen molar-refractivity contribution in [2.75, 3.05) is 25.0 Å². The van der Waals surface area contributed by atoms with E-state index >= 15 is 0 Å². The van der Waals surface area contributed by atoms with Crippen LogP contribution < -0.4 is 21.7 Å². The van der Waals surface area contributed by atoms with Crippen molar-refractivity contribution in [1.82, 2.24) is 20.6 Å². The molecule has 0 spiro atoms. The van der Waals surface area contributed by atoms with Crippen molar-refractivity contribution in [3.05, 3.63) is 77.1 Å². The van der Waals surface area contributed by atoms with E-state index in [1.165, 1.54) is 0 Å². The van der Waals surface area contributed by atoms with E-state index in [-0.39, 0.29) is 5.91 Å². The molecule has 8 nitrogen and oxygen atoms in total. The Bertz CT molecular complexity index is 1360. The minimum atomic E-state index is -0.495. The Balaban J connectivity index is 1.25. The number of rotatable bonds is 11. The number of pyridine rings is 2. The molecule has 0 atom stereocenters. The summed E-state index contributed by atoms with van der Waals surface area (Å²) >= 11 is 5.98. The number of nitrogens with one attached hydrogen (secondary N) is 3. The van der Waals surface area contributed by atoms with Crippen LogP contribution in [0, 0.1) is 0 Å². The first-order valence-corrected chi connectivity index (χ1v) is 11.8. The number of carbonyl (C=O) groups is 2. The minimum Gasteiger partial charge on any atom is -0.369 e. The van der Waals surface area contributed by atoms with Gasteiger partial charge in [0.25, 0.3) is 0 Å². The zero-order valence-corrected chi connectivity index (χ0v) is 19.9. The molecule has 5 N–H and O–H groups in total. The Morgan fingerprint density at radius 2 is 1.86 bits per heavy atom. The Hall–Kier alpha value is -3.75. The van der Waals surface area contributed by atoms with E-state index < -0.39 is 5.91 Å². The molecule has 2 amide bonds. The highest BCUT2D eigenvalue weighted by Gasteiger charge is 2.10. The maximum atomic E-state index is 12.1. The summed E-state index contributed by atoms with van der Waals surface area (Å²) in [6, 6.07) is 14.8. The SMILES string of the molecule is NC(=O)c1ccc2c(c1)nc(NCCCNC(=O)CCNCc1cccc(Cl)c1)c1ccncc12. The molecule has 0 unspecified atom stereocenters. The molecule has 0 aliphatic rings. The average Bonchev–Trinajstić information content (AvgIpc) is 2.86. The van der Waals surface area contributed by atoms with Crippen LogP contribution >= 0.6 is 11.6 Å². The number of primary amides is 1. The monoisotopic (exact) mass is 490 g/mol. The smallest absolute Gasteiger partial charge is 0.248 e. The van der Waals surface area contributed by atoms with Gasteiger partial charge in [0.2, 0.25) is 11.8 Å². The van der Waals surface area contributed by atoms with Crippen molar-refractivity contribution in [2.24, 2.45) is 5.73 Å². The molecule has 0 radical (unpaired) electrons. The highest BCUT2D eigenvalue weighted by molar-refractivity contribution is 6.30. The molecular weight excluding hydrogens is 464 g/mol. The number of anilines is 1. The number of nitrogens with two attached hydrogens (primary N) is 1. The summed E-state index contributed by atoms with van der Waals surface area (Å²) in [7, 11) is 0. The van der Waals surface area contributed by atoms with E-state index in [0.717, 1.165) is 28.1 Å². The molecule has 0 bridgehead atoms. The zero-order chi connectivity index (χ0) is 24.6. The first-order chi connectivity index (χ1) is 17.0. The third-order valence-electron chi connectivity index (χ3n) is 5.60. The highest BCUT2D eigenvalue weighted by atomic mass is 35.5. The van der Waals surface area contributed by atoms with Crippen LogP contribution in [0.4, 0.5) is 5.82 Å². The van der Waals surface area contributed by atoms with Gasteiger partial charge in [-0.25, -0.2) is 4.98 Å². The molecule has 2 heterocycles. The Morgan fingerprint density at radius 1 is 0.971 bits per heavy atom. The molecule has 0 aliphatic heterocycles. The summed E-state index contributed by atoms with van der Waals surface area (Å²) in [5.74, 6) is 0.209. The molecule has 180 valence electrons. The molecule has 0 aliphatic carbocycles. The summed E-state index contributed by atoms with van der Waals surface area (Å²) in [5.41, 5.74) is 7.59. The van der Waals surface area contributed by atoms with Gasteiger partial charge < -0.3 is 21.7 Å². The van der Waals surface area contributed by atoms with Crippen molar-refractivity contribution in [3.8, 4) is 0 Å². The standard InChI is InChI=1S/C26H27ClN6O2/c27-19-4-1-3-17(13-19)15-29-12-8-24(34)31-9-2-10-32-26-21-7-11-30-16-22(21)20-6-5-18(25(28)35)14-23(20)33-26/h1,3-7,11,13-14,16,29H,2,8-10,12,15H2,(H2,28,35)(H,31,34)(H,32,33). The normalized spacial score (nSPS) is 11.0. The maximum absolute atomic E-state index is 12.1. The van der Waals surface area contributed by atoms with Gasteiger partial charge >= 0.3 is 0 Å². The fraction of sp³-hybridized carbons (Fsp3) is 0.231. The van der Waals surface area contributed by atoms with Crippen LogP contribution in [-0.2, 0) is 11.3 Å². The third kappa shape index (κ3) is 6.44. The van der Waals surface area contributed by atoms with Crippen LogP contribution in [0.5, 0.6) is 0 Å². The summed E-state index contributed by atoms with van der Waals surface area (Å²) in [4.78, 5) is 32.6. The van der Waals surface area contributed by atoms with Gasteiger partial charge in [0.1, 0.15) is 5.82 Å². The fourth-order valence-corrected chi connectivity index (χ4v) is 4.04. The fourth-order valence-electron chi connectivity index (χ4n) is 3.83. The molecule has 2 aromatic heterocycles. The highest BCUT2D eigenvalue weighted by Crippen LogP contribution is 2.29. The molecule has 9 heteroatoms. The van der Waals surface area contributed by atoms with Gasteiger partial charge in [0.15, 0.2) is 0 Å². The first-order valence-electron chi connectivity index (χ1n) is 11.4. The average molecular weight is 491 g/mol. The van der Waals surface area contributed by atoms with Crippen LogP contribution in [0.1, 0.15) is 28.8 Å². The van der Waals surface area contributed by atoms with Crippen molar-refractivity contribution in [1.29, 1.82) is 0 Å². The van der Waals surface area contributed by atoms with Gasteiger partial charge in [0, 0.05) is 71.7 Å². The second-order valence-corrected chi connectivity index (χ2v) is 8.60. The quantitative estimate of drug-likeness (QED) is 0.188. The molecule has 0 fully saturated rings. The minimum absolute atomic E-state index is 0.00271. The van der Waals surface area contributed by atoms with Gasteiger partial charge in [-0.05, 0) is 42.3 Å². The van der Waals surface area contributed by atoms with Crippen LogP contribution in [0.2, 0.25) is 5.02 Å². The number of aromatic nitrogens is 2. The van der Waals surface area contributed by atoms with Crippen molar-refractivity contribution in [2.45, 2.75) is 19.4 Å². The lowest BCUT2D eigenvalue weighted by atomic mass is 10.1. The van der Waals surface area contributed by atoms with E-state index in [1.54, 1.807) is 24.5 Å². The molecule has 0 saturated carbocycles. The number of benzene rings is 2. The Morgan fingerprint density at radius 3 is 2.69 bits per heavy atom. The topological polar surface area (TPSA) is 122 Å². The molecule has 35 heavy (non-hydrogen) atoms. The lowest BCUT2D eigenvalue weighted by molar-refractivity contribution is -0.121. The second-order valence-electron chi connectivity index (χ2n) is 8.16. The van der Waals surface area contributed by atoms with Gasteiger partial charge in [-0.3, -0.25) is 14.6 Å². The van der Waals surface area contributed by atoms with Gasteiger partial charge in [-0.2, -0.15) is 0 Å². The predicted octanol–water partition coefficient (Wildman–Crippen LogP) is 3.63. The van der Waals surface area contributed by atoms with E-state index in [4.69, 9.17) is 22.3 Å². The van der Waals surface area contributed by atoms with Gasteiger partial charge in [-0.15, -0.1) is 0 Å². The number of fused-ring (bicyclic) bond motifs is 3. The number of halogens is 1. The Kier molecular flexibility index (Phi) is 8.07. The molecule has 4 rings (SSSR count). The second kappa shape index (κ2) is 11.6. The van der Waals surface area contributed by atoms with E-state index in [0.29, 0.717) is 54.5 Å². The van der Waals surface area contributed by atoms with Crippen LogP contribution in [-0.4, -0.2) is 41.4 Å². The molecule has 4 aromatic rings. The number of hydrogen-bond donors (Lipinski definition) is 4. The van der Waals surface area contributed by atoms with Gasteiger partial charge in [0.05, 0.1) is 5.52 Å². The zero-order valence-electron chi connectivity index (χ0n) is 19.2. The van der Waals surface area contributed by atoms with E-state index in [1.807, 2.05) is 36.4 Å². The first kappa shape index (κ1) is 24.4. The predicted molar refractivity (Wildman–Crippen MR) is 139 cm³/mol. The number of hydrogen-bond acceptors (Lipinski definition) is 6. The van der Waals surface area contributed by atoms with Gasteiger partial charge in [-0.1, -0.05) is 29.8 Å². The number of carbonyl (C=O) groups excluding carboxylic acids is 2. The lowest BCUT2D eigenvalue weighted by Gasteiger charge is -2.12. The van der Waals surface area contributed by atoms with E-state index in [2.05, 4.69) is 20.9 Å². The van der Waals surface area contributed by atoms with Crippen molar-refractivity contribution < 1.29 is 9.59 Å².